The molecular weight excluding hydrogens is 200 g/mol. The summed E-state index contributed by atoms with van der Waals surface area (Å²) in [6.07, 6.45) is -4.70. The van der Waals surface area contributed by atoms with E-state index in [1.807, 2.05) is 0 Å². The van der Waals surface area contributed by atoms with Crippen molar-refractivity contribution in [2.24, 2.45) is 5.73 Å². The van der Waals surface area contributed by atoms with Crippen LogP contribution in [0, 0.1) is 5.82 Å². The third kappa shape index (κ3) is 1.95. The van der Waals surface area contributed by atoms with Crippen molar-refractivity contribution in [2.75, 3.05) is 5.73 Å². The molecule has 0 aliphatic rings. The first-order chi connectivity index (χ1) is 6.34. The summed E-state index contributed by atoms with van der Waals surface area (Å²) < 4.78 is 49.4. The zero-order valence-corrected chi connectivity index (χ0v) is 6.98. The lowest BCUT2D eigenvalue weighted by Gasteiger charge is -2.18. The van der Waals surface area contributed by atoms with Crippen LogP contribution in [0.3, 0.4) is 0 Å². The van der Waals surface area contributed by atoms with Crippen LogP contribution in [0.15, 0.2) is 18.2 Å². The molecule has 0 heterocycles. The number of halogens is 4. The van der Waals surface area contributed by atoms with Crippen molar-refractivity contribution in [3.05, 3.63) is 29.6 Å². The van der Waals surface area contributed by atoms with Crippen LogP contribution in [0.1, 0.15) is 11.6 Å². The molecular formula is C8H8F4N2. The Bertz CT molecular complexity index is 314. The fraction of sp³-hybridized carbons (Fsp3) is 0.250. The van der Waals surface area contributed by atoms with Gasteiger partial charge in [0.1, 0.15) is 11.9 Å². The Labute approximate surface area is 77.5 Å². The predicted octanol–water partition coefficient (Wildman–Crippen LogP) is 1.97. The van der Waals surface area contributed by atoms with Crippen LogP contribution >= 0.6 is 0 Å². The van der Waals surface area contributed by atoms with E-state index in [0.717, 1.165) is 6.07 Å². The molecule has 0 spiro atoms. The van der Waals surface area contributed by atoms with E-state index in [0.29, 0.717) is 0 Å². The van der Waals surface area contributed by atoms with Gasteiger partial charge in [0.25, 0.3) is 0 Å². The van der Waals surface area contributed by atoms with Gasteiger partial charge >= 0.3 is 6.18 Å². The molecule has 14 heavy (non-hydrogen) atoms. The smallest absolute Gasteiger partial charge is 0.398 e. The van der Waals surface area contributed by atoms with Crippen molar-refractivity contribution in [1.82, 2.24) is 0 Å². The molecule has 0 aromatic heterocycles. The minimum Gasteiger partial charge on any atom is -0.398 e. The van der Waals surface area contributed by atoms with E-state index >= 15 is 0 Å². The molecule has 0 amide bonds. The zero-order valence-electron chi connectivity index (χ0n) is 6.98. The molecule has 2 nitrogen and oxygen atoms in total. The monoisotopic (exact) mass is 208 g/mol. The first kappa shape index (κ1) is 10.8. The summed E-state index contributed by atoms with van der Waals surface area (Å²) in [5.74, 6) is -1.05. The van der Waals surface area contributed by atoms with Crippen LogP contribution in [-0.2, 0) is 0 Å². The summed E-state index contributed by atoms with van der Waals surface area (Å²) in [7, 11) is 0. The summed E-state index contributed by atoms with van der Waals surface area (Å²) in [6, 6.07) is 0.891. The fourth-order valence-electron chi connectivity index (χ4n) is 1.05. The van der Waals surface area contributed by atoms with Crippen molar-refractivity contribution in [3.63, 3.8) is 0 Å². The van der Waals surface area contributed by atoms with E-state index in [1.54, 1.807) is 0 Å². The Hall–Kier alpha value is -1.30. The highest BCUT2D eigenvalue weighted by molar-refractivity contribution is 5.49. The van der Waals surface area contributed by atoms with Gasteiger partial charge in [-0.15, -0.1) is 0 Å². The average molecular weight is 208 g/mol. The molecule has 1 aromatic rings. The first-order valence-electron chi connectivity index (χ1n) is 3.70. The van der Waals surface area contributed by atoms with Gasteiger partial charge in [-0.05, 0) is 12.1 Å². The number of nitrogen functional groups attached to an aromatic ring is 1. The van der Waals surface area contributed by atoms with Gasteiger partial charge in [-0.1, -0.05) is 6.07 Å². The summed E-state index contributed by atoms with van der Waals surface area (Å²) >= 11 is 0. The van der Waals surface area contributed by atoms with Gasteiger partial charge in [0, 0.05) is 11.3 Å². The predicted molar refractivity (Wildman–Crippen MR) is 43.8 cm³/mol. The highest BCUT2D eigenvalue weighted by atomic mass is 19.4. The van der Waals surface area contributed by atoms with E-state index in [9.17, 15) is 17.6 Å². The number of hydrogen-bond acceptors (Lipinski definition) is 2. The van der Waals surface area contributed by atoms with Gasteiger partial charge in [-0.2, -0.15) is 13.2 Å². The van der Waals surface area contributed by atoms with Crippen molar-refractivity contribution in [1.29, 1.82) is 0 Å². The molecule has 78 valence electrons. The van der Waals surface area contributed by atoms with E-state index in [1.165, 1.54) is 12.1 Å². The standard InChI is InChI=1S/C8H8F4N2/c9-4-2-1-3-5(13)6(4)7(14)8(10,11)12/h1-3,7H,13-14H2/t7-/m0/s1. The Balaban J connectivity index is 3.19. The maximum Gasteiger partial charge on any atom is 0.407 e. The number of benzene rings is 1. The Kier molecular flexibility index (Phi) is 2.66. The Morgan fingerprint density at radius 2 is 1.79 bits per heavy atom. The van der Waals surface area contributed by atoms with Crippen LogP contribution in [0.4, 0.5) is 23.2 Å². The van der Waals surface area contributed by atoms with Crippen LogP contribution in [0.2, 0.25) is 0 Å². The molecule has 0 bridgehead atoms. The molecule has 0 aliphatic carbocycles. The van der Waals surface area contributed by atoms with Crippen molar-refractivity contribution < 1.29 is 17.6 Å². The second kappa shape index (κ2) is 3.45. The van der Waals surface area contributed by atoms with Gasteiger partial charge in [-0.3, -0.25) is 0 Å². The van der Waals surface area contributed by atoms with Crippen LogP contribution < -0.4 is 11.5 Å². The minimum absolute atomic E-state index is 0.296. The maximum absolute atomic E-state index is 13.0. The molecule has 0 fully saturated rings. The summed E-state index contributed by atoms with van der Waals surface area (Å²) in [6.45, 7) is 0. The highest BCUT2D eigenvalue weighted by Gasteiger charge is 2.40. The summed E-state index contributed by atoms with van der Waals surface area (Å²) in [4.78, 5) is 0. The molecule has 0 saturated heterocycles. The second-order valence-electron chi connectivity index (χ2n) is 2.76. The quantitative estimate of drug-likeness (QED) is 0.547. The lowest BCUT2D eigenvalue weighted by atomic mass is 10.0. The molecule has 0 aliphatic heterocycles. The fourth-order valence-corrected chi connectivity index (χ4v) is 1.05. The van der Waals surface area contributed by atoms with E-state index < -0.39 is 23.6 Å². The minimum atomic E-state index is -4.70. The zero-order chi connectivity index (χ0) is 10.9. The highest BCUT2D eigenvalue weighted by Crippen LogP contribution is 2.34. The van der Waals surface area contributed by atoms with Gasteiger partial charge in [0.15, 0.2) is 0 Å². The number of hydrogen-bond donors (Lipinski definition) is 2. The molecule has 1 atom stereocenters. The third-order valence-electron chi connectivity index (χ3n) is 1.75. The first-order valence-corrected chi connectivity index (χ1v) is 3.70. The lowest BCUT2D eigenvalue weighted by Crippen LogP contribution is -2.30. The summed E-state index contributed by atoms with van der Waals surface area (Å²) in [5, 5.41) is 0. The van der Waals surface area contributed by atoms with Crippen LogP contribution in [-0.4, -0.2) is 6.18 Å². The van der Waals surface area contributed by atoms with Crippen molar-refractivity contribution in [3.8, 4) is 0 Å². The average Bonchev–Trinajstić information content (AvgIpc) is 2.01. The molecule has 1 rings (SSSR count). The molecule has 6 heteroatoms. The summed E-state index contributed by atoms with van der Waals surface area (Å²) in [5.41, 5.74) is 9.02. The molecule has 0 saturated carbocycles. The topological polar surface area (TPSA) is 52.0 Å². The largest absolute Gasteiger partial charge is 0.407 e. The third-order valence-corrected chi connectivity index (χ3v) is 1.75. The van der Waals surface area contributed by atoms with E-state index in [2.05, 4.69) is 0 Å². The van der Waals surface area contributed by atoms with Gasteiger partial charge in [-0.25, -0.2) is 4.39 Å². The second-order valence-corrected chi connectivity index (χ2v) is 2.76. The molecule has 1 aromatic carbocycles. The normalized spacial score (nSPS) is 14.1. The number of alkyl halides is 3. The lowest BCUT2D eigenvalue weighted by molar-refractivity contribution is -0.149. The van der Waals surface area contributed by atoms with E-state index in [4.69, 9.17) is 11.5 Å². The molecule has 0 unspecified atom stereocenters. The van der Waals surface area contributed by atoms with Crippen LogP contribution in [0.25, 0.3) is 0 Å². The van der Waals surface area contributed by atoms with E-state index in [-0.39, 0.29) is 5.69 Å². The Morgan fingerprint density at radius 3 is 2.21 bits per heavy atom. The van der Waals surface area contributed by atoms with Crippen LogP contribution in [0.5, 0.6) is 0 Å². The van der Waals surface area contributed by atoms with Crippen molar-refractivity contribution in [2.45, 2.75) is 12.2 Å². The number of nitrogens with two attached hydrogens (primary N) is 2. The SMILES string of the molecule is Nc1cccc(F)c1[C@H](N)C(F)(F)F. The number of anilines is 1. The maximum atomic E-state index is 13.0. The van der Waals surface area contributed by atoms with Gasteiger partial charge < -0.3 is 11.5 Å². The number of rotatable bonds is 1. The Morgan fingerprint density at radius 1 is 1.21 bits per heavy atom. The molecule has 0 radical (unpaired) electrons. The van der Waals surface area contributed by atoms with Crippen molar-refractivity contribution >= 4 is 5.69 Å². The van der Waals surface area contributed by atoms with Gasteiger partial charge in [0.2, 0.25) is 0 Å². The molecule has 4 N–H and O–H groups in total. The van der Waals surface area contributed by atoms with Gasteiger partial charge in [0.05, 0.1) is 0 Å².